The van der Waals surface area contributed by atoms with Gasteiger partial charge in [-0.15, -0.1) is 0 Å². The number of carbonyl (C=O) groups excluding carboxylic acids is 1. The van der Waals surface area contributed by atoms with Crippen LogP contribution in [0.1, 0.15) is 53.9 Å². The number of hydrogen-bond acceptors (Lipinski definition) is 2. The highest BCUT2D eigenvalue weighted by Crippen LogP contribution is 2.40. The molecule has 0 saturated heterocycles. The van der Waals surface area contributed by atoms with E-state index >= 15 is 0 Å². The molecule has 0 aromatic heterocycles. The van der Waals surface area contributed by atoms with E-state index in [4.69, 9.17) is 9.90 Å². The molecule has 1 N–H and O–H groups in total. The van der Waals surface area contributed by atoms with Gasteiger partial charge in [0, 0.05) is 0 Å². The lowest BCUT2D eigenvalue weighted by Crippen LogP contribution is -2.19. The Kier molecular flexibility index (Phi) is 10.4. The molecule has 24 heavy (non-hydrogen) atoms. The van der Waals surface area contributed by atoms with E-state index in [9.17, 15) is 4.79 Å². The fourth-order valence-electron chi connectivity index (χ4n) is 2.80. The quantitative estimate of drug-likeness (QED) is 0.416. The zero-order valence-electron chi connectivity index (χ0n) is 15.5. The Balaban J connectivity index is 0.00000163. The van der Waals surface area contributed by atoms with Crippen molar-refractivity contribution in [2.24, 2.45) is 5.41 Å². The molecule has 0 aliphatic heterocycles. The Hall–Kier alpha value is -2.16. The van der Waals surface area contributed by atoms with Crippen molar-refractivity contribution in [3.63, 3.8) is 0 Å². The van der Waals surface area contributed by atoms with Crippen LogP contribution in [0, 0.1) is 5.41 Å². The maximum absolute atomic E-state index is 10.3. The lowest BCUT2D eigenvalue weighted by Gasteiger charge is -2.32. The highest BCUT2D eigenvalue weighted by Gasteiger charge is 2.26. The third-order valence-corrected chi connectivity index (χ3v) is 4.10. The first-order valence-electron chi connectivity index (χ1n) is 8.21. The summed E-state index contributed by atoms with van der Waals surface area (Å²) in [6, 6.07) is 0. The first-order valence-corrected chi connectivity index (χ1v) is 8.21. The second-order valence-corrected chi connectivity index (χ2v) is 6.69. The van der Waals surface area contributed by atoms with Gasteiger partial charge in [0.2, 0.25) is 0 Å². The first-order chi connectivity index (χ1) is 11.3. The van der Waals surface area contributed by atoms with Gasteiger partial charge in [0.15, 0.2) is 0 Å². The first kappa shape index (κ1) is 21.8. The van der Waals surface area contributed by atoms with Crippen molar-refractivity contribution in [2.45, 2.75) is 53.9 Å². The van der Waals surface area contributed by atoms with Gasteiger partial charge in [-0.25, -0.2) is 0 Å². The van der Waals surface area contributed by atoms with Crippen LogP contribution < -0.4 is 0 Å². The summed E-state index contributed by atoms with van der Waals surface area (Å²) in [6.45, 7) is 10.7. The predicted molar refractivity (Wildman–Crippen MR) is 101 cm³/mol. The van der Waals surface area contributed by atoms with Crippen molar-refractivity contribution < 1.29 is 14.7 Å². The minimum Gasteiger partial charge on any atom is -0.483 e. The van der Waals surface area contributed by atoms with E-state index in [1.54, 1.807) is 6.08 Å². The van der Waals surface area contributed by atoms with Crippen LogP contribution in [0.4, 0.5) is 0 Å². The molecule has 0 aromatic carbocycles. The summed E-state index contributed by atoms with van der Waals surface area (Å²) in [7, 11) is 0. The van der Waals surface area contributed by atoms with Crippen LogP contribution in [0.5, 0.6) is 0 Å². The number of allylic oxidation sites excluding steroid dienone is 10. The highest BCUT2D eigenvalue weighted by atomic mass is 16.3. The zero-order valence-corrected chi connectivity index (χ0v) is 15.5. The van der Waals surface area contributed by atoms with Crippen molar-refractivity contribution in [2.75, 3.05) is 0 Å². The molecule has 0 atom stereocenters. The maximum Gasteiger partial charge on any atom is 0.290 e. The van der Waals surface area contributed by atoms with Gasteiger partial charge >= 0.3 is 0 Å². The Morgan fingerprint density at radius 2 is 1.67 bits per heavy atom. The summed E-state index contributed by atoms with van der Waals surface area (Å²) in [5.74, 6) is 0. The van der Waals surface area contributed by atoms with E-state index in [1.165, 1.54) is 36.0 Å². The summed E-state index contributed by atoms with van der Waals surface area (Å²) in [4.78, 5) is 18.7. The summed E-state index contributed by atoms with van der Waals surface area (Å²) >= 11 is 0. The van der Waals surface area contributed by atoms with Gasteiger partial charge in [-0.1, -0.05) is 55.4 Å². The van der Waals surface area contributed by atoms with Crippen LogP contribution >= 0.6 is 0 Å². The molecule has 3 nitrogen and oxygen atoms in total. The van der Waals surface area contributed by atoms with E-state index in [0.29, 0.717) is 0 Å². The molecule has 1 aliphatic carbocycles. The number of carbonyl (C=O) groups is 2. The van der Waals surface area contributed by atoms with Gasteiger partial charge in [0.25, 0.3) is 6.47 Å². The maximum atomic E-state index is 10.3. The van der Waals surface area contributed by atoms with Gasteiger partial charge in [-0.3, -0.25) is 9.59 Å². The van der Waals surface area contributed by atoms with E-state index < -0.39 is 0 Å². The number of aldehydes is 1. The van der Waals surface area contributed by atoms with E-state index in [1.807, 2.05) is 19.1 Å². The van der Waals surface area contributed by atoms with E-state index in [0.717, 1.165) is 11.9 Å². The zero-order chi connectivity index (χ0) is 18.6. The van der Waals surface area contributed by atoms with Gasteiger partial charge in [-0.2, -0.15) is 0 Å². The third-order valence-electron chi connectivity index (χ3n) is 4.10. The number of carboxylic acid groups (broad SMARTS) is 1. The summed E-state index contributed by atoms with van der Waals surface area (Å²) < 4.78 is 0. The molecule has 1 aliphatic rings. The molecule has 0 saturated carbocycles. The van der Waals surface area contributed by atoms with Gasteiger partial charge in [0.1, 0.15) is 6.29 Å². The molecule has 132 valence electrons. The number of hydrogen-bond donors (Lipinski definition) is 1. The molecular formula is C21H30O3. The Morgan fingerprint density at radius 1 is 1.08 bits per heavy atom. The molecule has 0 unspecified atom stereocenters. The van der Waals surface area contributed by atoms with E-state index in [-0.39, 0.29) is 11.9 Å². The van der Waals surface area contributed by atoms with Crippen molar-refractivity contribution in [3.8, 4) is 0 Å². The Labute approximate surface area is 146 Å². The smallest absolute Gasteiger partial charge is 0.290 e. The summed E-state index contributed by atoms with van der Waals surface area (Å²) in [5.41, 5.74) is 5.48. The van der Waals surface area contributed by atoms with Crippen molar-refractivity contribution in [1.82, 2.24) is 0 Å². The normalized spacial score (nSPS) is 18.5. The van der Waals surface area contributed by atoms with Crippen LogP contribution in [0.25, 0.3) is 0 Å². The Morgan fingerprint density at radius 3 is 2.21 bits per heavy atom. The topological polar surface area (TPSA) is 54.4 Å². The molecule has 1 rings (SSSR count). The molecule has 0 radical (unpaired) electrons. The average molecular weight is 330 g/mol. The monoisotopic (exact) mass is 330 g/mol. The van der Waals surface area contributed by atoms with Crippen molar-refractivity contribution in [3.05, 3.63) is 58.7 Å². The molecule has 0 heterocycles. The van der Waals surface area contributed by atoms with Gasteiger partial charge in [0.05, 0.1) is 0 Å². The largest absolute Gasteiger partial charge is 0.483 e. The van der Waals surface area contributed by atoms with Crippen LogP contribution in [-0.2, 0) is 9.59 Å². The molecule has 0 spiro atoms. The minimum absolute atomic E-state index is 0.250. The Bertz CT molecular complexity index is 570. The van der Waals surface area contributed by atoms with Gasteiger partial charge in [-0.05, 0) is 62.7 Å². The fraction of sp³-hybridized carbons (Fsp3) is 0.429. The molecular weight excluding hydrogens is 300 g/mol. The minimum atomic E-state index is -0.250. The second kappa shape index (κ2) is 11.4. The van der Waals surface area contributed by atoms with Crippen LogP contribution in [-0.4, -0.2) is 17.9 Å². The van der Waals surface area contributed by atoms with E-state index in [2.05, 4.69) is 45.9 Å². The second-order valence-electron chi connectivity index (χ2n) is 6.69. The summed E-state index contributed by atoms with van der Waals surface area (Å²) in [5, 5.41) is 6.89. The SMILES string of the molecule is CC(C=CC=C(C)C=CC1=C(C)CCCC1(C)C)=CC=O.O=CO. The van der Waals surface area contributed by atoms with Gasteiger partial charge < -0.3 is 5.11 Å². The summed E-state index contributed by atoms with van der Waals surface area (Å²) in [6.07, 6.45) is 16.6. The molecule has 0 amide bonds. The number of rotatable bonds is 5. The van der Waals surface area contributed by atoms with Crippen LogP contribution in [0.2, 0.25) is 0 Å². The predicted octanol–water partition coefficient (Wildman–Crippen LogP) is 5.42. The molecule has 0 fully saturated rings. The molecule has 3 heteroatoms. The van der Waals surface area contributed by atoms with Crippen LogP contribution in [0.3, 0.4) is 0 Å². The lowest BCUT2D eigenvalue weighted by atomic mass is 9.72. The van der Waals surface area contributed by atoms with Crippen LogP contribution in [0.15, 0.2) is 58.7 Å². The molecule has 0 aromatic rings. The molecule has 0 bridgehead atoms. The lowest BCUT2D eigenvalue weighted by molar-refractivity contribution is -0.122. The third kappa shape index (κ3) is 8.47. The fourth-order valence-corrected chi connectivity index (χ4v) is 2.80. The average Bonchev–Trinajstić information content (AvgIpc) is 2.47. The standard InChI is InChI=1S/C20H28O.CH2O2/c1-16(8-6-9-17(2)13-15-21)11-12-19-18(3)10-7-14-20(19,4)5;2-1-3/h6,8-9,11-13,15H,7,10,14H2,1-5H3;1H,(H,2,3). The van der Waals surface area contributed by atoms with Crippen molar-refractivity contribution in [1.29, 1.82) is 0 Å². The van der Waals surface area contributed by atoms with Crippen molar-refractivity contribution >= 4 is 12.8 Å². The highest BCUT2D eigenvalue weighted by molar-refractivity contribution is 5.66.